The molecular weight excluding hydrogens is 308 g/mol. The summed E-state index contributed by atoms with van der Waals surface area (Å²) in [6, 6.07) is 15.7. The number of carbonyl (C=O) groups excluding carboxylic acids is 2. The van der Waals surface area contributed by atoms with E-state index in [9.17, 15) is 9.59 Å². The fraction of sp³-hybridized carbons (Fsp3) is 0.0556. The van der Waals surface area contributed by atoms with Gasteiger partial charge in [0.15, 0.2) is 5.76 Å². The summed E-state index contributed by atoms with van der Waals surface area (Å²) >= 11 is 0. The monoisotopic (exact) mass is 322 g/mol. The minimum atomic E-state index is -0.436. The first-order valence-electron chi connectivity index (χ1n) is 7.18. The van der Waals surface area contributed by atoms with E-state index in [1.807, 2.05) is 18.2 Å². The zero-order chi connectivity index (χ0) is 16.9. The molecule has 6 heteroatoms. The van der Waals surface area contributed by atoms with E-state index in [1.165, 1.54) is 13.3 Å². The zero-order valence-electron chi connectivity index (χ0n) is 12.9. The SMILES string of the molecule is COC(=O)c1ccc(/C=N/NC(=O)c2cc3ccccc3o2)cc1. The molecule has 1 N–H and O–H groups in total. The van der Waals surface area contributed by atoms with Crippen molar-refractivity contribution in [2.75, 3.05) is 7.11 Å². The molecule has 0 aliphatic heterocycles. The molecule has 0 spiro atoms. The maximum atomic E-state index is 12.0. The van der Waals surface area contributed by atoms with Crippen LogP contribution in [0.1, 0.15) is 26.5 Å². The minimum absolute atomic E-state index is 0.189. The van der Waals surface area contributed by atoms with Gasteiger partial charge in [-0.25, -0.2) is 10.2 Å². The minimum Gasteiger partial charge on any atom is -0.465 e. The van der Waals surface area contributed by atoms with E-state index in [-0.39, 0.29) is 5.76 Å². The van der Waals surface area contributed by atoms with Gasteiger partial charge in [0.05, 0.1) is 18.9 Å². The lowest BCUT2D eigenvalue weighted by Crippen LogP contribution is -2.16. The lowest BCUT2D eigenvalue weighted by molar-refractivity contribution is 0.0600. The molecule has 1 heterocycles. The molecule has 1 amide bonds. The number of hydrogen-bond donors (Lipinski definition) is 1. The number of hydrogen-bond acceptors (Lipinski definition) is 5. The van der Waals surface area contributed by atoms with Crippen LogP contribution in [0.15, 0.2) is 64.1 Å². The van der Waals surface area contributed by atoms with Crippen LogP contribution in [0, 0.1) is 0 Å². The molecule has 6 nitrogen and oxygen atoms in total. The summed E-state index contributed by atoms with van der Waals surface area (Å²) in [6.07, 6.45) is 1.47. The lowest BCUT2D eigenvalue weighted by atomic mass is 10.1. The molecule has 3 aromatic rings. The van der Waals surface area contributed by atoms with Crippen molar-refractivity contribution in [1.29, 1.82) is 0 Å². The van der Waals surface area contributed by atoms with Gasteiger partial charge in [-0.2, -0.15) is 5.10 Å². The highest BCUT2D eigenvalue weighted by Crippen LogP contribution is 2.18. The third kappa shape index (κ3) is 3.33. The molecule has 0 bridgehead atoms. The van der Waals surface area contributed by atoms with Gasteiger partial charge in [-0.1, -0.05) is 30.3 Å². The first kappa shape index (κ1) is 15.5. The van der Waals surface area contributed by atoms with E-state index in [0.29, 0.717) is 11.1 Å². The number of nitrogens with zero attached hydrogens (tertiary/aromatic N) is 1. The molecule has 24 heavy (non-hydrogen) atoms. The van der Waals surface area contributed by atoms with Crippen molar-refractivity contribution in [3.05, 3.63) is 71.5 Å². The number of methoxy groups -OCH3 is 1. The van der Waals surface area contributed by atoms with Gasteiger partial charge in [0, 0.05) is 5.39 Å². The molecule has 0 radical (unpaired) electrons. The van der Waals surface area contributed by atoms with E-state index >= 15 is 0 Å². The number of furan rings is 1. The first-order chi connectivity index (χ1) is 11.7. The van der Waals surface area contributed by atoms with Crippen molar-refractivity contribution in [2.24, 2.45) is 5.10 Å². The Bertz CT molecular complexity index is 877. The van der Waals surface area contributed by atoms with Gasteiger partial charge in [-0.05, 0) is 29.8 Å². The Kier molecular flexibility index (Phi) is 4.38. The molecule has 0 unspecified atom stereocenters. The van der Waals surface area contributed by atoms with Gasteiger partial charge in [0.2, 0.25) is 0 Å². The maximum absolute atomic E-state index is 12.0. The fourth-order valence-corrected chi connectivity index (χ4v) is 2.14. The first-order valence-corrected chi connectivity index (χ1v) is 7.18. The van der Waals surface area contributed by atoms with Gasteiger partial charge in [0.25, 0.3) is 0 Å². The Morgan fingerprint density at radius 3 is 2.58 bits per heavy atom. The fourth-order valence-electron chi connectivity index (χ4n) is 2.14. The van der Waals surface area contributed by atoms with Crippen molar-refractivity contribution in [3.63, 3.8) is 0 Å². The largest absolute Gasteiger partial charge is 0.465 e. The number of rotatable bonds is 4. The van der Waals surface area contributed by atoms with Crippen molar-refractivity contribution in [1.82, 2.24) is 5.43 Å². The average molecular weight is 322 g/mol. The van der Waals surface area contributed by atoms with Crippen LogP contribution in [0.4, 0.5) is 0 Å². The molecule has 0 fully saturated rings. The predicted molar refractivity (Wildman–Crippen MR) is 89.1 cm³/mol. The average Bonchev–Trinajstić information content (AvgIpc) is 3.06. The third-order valence-electron chi connectivity index (χ3n) is 3.36. The Morgan fingerprint density at radius 2 is 1.88 bits per heavy atom. The maximum Gasteiger partial charge on any atom is 0.337 e. The van der Waals surface area contributed by atoms with E-state index < -0.39 is 11.9 Å². The lowest BCUT2D eigenvalue weighted by Gasteiger charge is -1.99. The normalized spacial score (nSPS) is 10.9. The van der Waals surface area contributed by atoms with Crippen LogP contribution in [0.25, 0.3) is 11.0 Å². The van der Waals surface area contributed by atoms with Gasteiger partial charge in [-0.3, -0.25) is 4.79 Å². The summed E-state index contributed by atoms with van der Waals surface area (Å²) in [4.78, 5) is 23.3. The number of amides is 1. The Hall–Kier alpha value is -3.41. The second-order valence-corrected chi connectivity index (χ2v) is 4.96. The van der Waals surface area contributed by atoms with Crippen molar-refractivity contribution in [3.8, 4) is 0 Å². The zero-order valence-corrected chi connectivity index (χ0v) is 12.9. The highest BCUT2D eigenvalue weighted by atomic mass is 16.5. The summed E-state index contributed by atoms with van der Waals surface area (Å²) in [6.45, 7) is 0. The van der Waals surface area contributed by atoms with Gasteiger partial charge in [0.1, 0.15) is 5.58 Å². The van der Waals surface area contributed by atoms with E-state index in [0.717, 1.165) is 10.9 Å². The van der Waals surface area contributed by atoms with Crippen LogP contribution in [0.2, 0.25) is 0 Å². The van der Waals surface area contributed by atoms with Gasteiger partial charge in [-0.15, -0.1) is 0 Å². The molecule has 0 aliphatic carbocycles. The van der Waals surface area contributed by atoms with Crippen LogP contribution in [0.3, 0.4) is 0 Å². The number of ether oxygens (including phenoxy) is 1. The number of hydrazone groups is 1. The van der Waals surface area contributed by atoms with Crippen molar-refractivity contribution < 1.29 is 18.7 Å². The summed E-state index contributed by atoms with van der Waals surface area (Å²) in [5.41, 5.74) is 4.22. The predicted octanol–water partition coefficient (Wildman–Crippen LogP) is 2.98. The Balaban J connectivity index is 1.65. The van der Waals surface area contributed by atoms with Crippen molar-refractivity contribution in [2.45, 2.75) is 0 Å². The molecule has 120 valence electrons. The Morgan fingerprint density at radius 1 is 1.12 bits per heavy atom. The summed E-state index contributed by atoms with van der Waals surface area (Å²) in [5, 5.41) is 4.73. The number of para-hydroxylation sites is 1. The topological polar surface area (TPSA) is 80.9 Å². The van der Waals surface area contributed by atoms with Crippen LogP contribution >= 0.6 is 0 Å². The second kappa shape index (κ2) is 6.78. The van der Waals surface area contributed by atoms with Crippen LogP contribution < -0.4 is 5.43 Å². The number of esters is 1. The molecular formula is C18H14N2O4. The summed E-state index contributed by atoms with van der Waals surface area (Å²) in [7, 11) is 1.32. The standard InChI is InChI=1S/C18H14N2O4/c1-23-18(22)13-8-6-12(7-9-13)11-19-20-17(21)16-10-14-4-2-3-5-15(14)24-16/h2-11H,1H3,(H,20,21)/b19-11+. The summed E-state index contributed by atoms with van der Waals surface area (Å²) in [5.74, 6) is -0.653. The highest BCUT2D eigenvalue weighted by Gasteiger charge is 2.10. The molecule has 2 aromatic carbocycles. The third-order valence-corrected chi connectivity index (χ3v) is 3.36. The molecule has 0 saturated heterocycles. The number of benzene rings is 2. The quantitative estimate of drug-likeness (QED) is 0.455. The Labute approximate surface area is 137 Å². The second-order valence-electron chi connectivity index (χ2n) is 4.96. The van der Waals surface area contributed by atoms with Gasteiger partial charge < -0.3 is 9.15 Å². The van der Waals surface area contributed by atoms with Gasteiger partial charge >= 0.3 is 11.9 Å². The number of nitrogens with one attached hydrogen (secondary N) is 1. The molecule has 1 aromatic heterocycles. The van der Waals surface area contributed by atoms with E-state index in [4.69, 9.17) is 4.42 Å². The van der Waals surface area contributed by atoms with Crippen LogP contribution in [-0.2, 0) is 4.74 Å². The molecule has 0 atom stereocenters. The molecule has 0 aliphatic rings. The van der Waals surface area contributed by atoms with Crippen LogP contribution in [-0.4, -0.2) is 25.2 Å². The smallest absolute Gasteiger partial charge is 0.337 e. The van der Waals surface area contributed by atoms with Crippen LogP contribution in [0.5, 0.6) is 0 Å². The van der Waals surface area contributed by atoms with Crippen molar-refractivity contribution >= 4 is 29.1 Å². The number of carbonyl (C=O) groups is 2. The summed E-state index contributed by atoms with van der Waals surface area (Å²) < 4.78 is 10.1. The molecule has 3 rings (SSSR count). The highest BCUT2D eigenvalue weighted by molar-refractivity contribution is 5.96. The van der Waals surface area contributed by atoms with E-state index in [1.54, 1.807) is 36.4 Å². The molecule has 0 saturated carbocycles. The number of fused-ring (bicyclic) bond motifs is 1. The van der Waals surface area contributed by atoms with E-state index in [2.05, 4.69) is 15.3 Å².